The van der Waals surface area contributed by atoms with Crippen molar-refractivity contribution in [2.24, 2.45) is 7.05 Å². The molecule has 5 heteroatoms. The van der Waals surface area contributed by atoms with Crippen LogP contribution in [0.3, 0.4) is 0 Å². The van der Waals surface area contributed by atoms with Gasteiger partial charge in [0, 0.05) is 23.6 Å². The number of benzene rings is 2. The van der Waals surface area contributed by atoms with Crippen molar-refractivity contribution < 1.29 is 14.0 Å². The third-order valence-electron chi connectivity index (χ3n) is 3.96. The molecule has 0 spiro atoms. The molecule has 0 radical (unpaired) electrons. The van der Waals surface area contributed by atoms with Gasteiger partial charge in [-0.05, 0) is 25.1 Å². The Kier molecular flexibility index (Phi) is 3.70. The van der Waals surface area contributed by atoms with Gasteiger partial charge >= 0.3 is 0 Å². The summed E-state index contributed by atoms with van der Waals surface area (Å²) >= 11 is 0. The van der Waals surface area contributed by atoms with Gasteiger partial charge in [0.15, 0.2) is 0 Å². The molecule has 3 aromatic rings. The lowest BCUT2D eigenvalue weighted by molar-refractivity contribution is -0.112. The maximum atomic E-state index is 13.6. The average Bonchev–Trinajstić information content (AvgIpc) is 2.81. The minimum absolute atomic E-state index is 0.0104. The Bertz CT molecular complexity index is 928. The van der Waals surface area contributed by atoms with E-state index in [1.807, 2.05) is 29.8 Å². The van der Waals surface area contributed by atoms with Crippen LogP contribution in [0.1, 0.15) is 16.1 Å². The number of fused-ring (bicyclic) bond motifs is 1. The smallest absolute Gasteiger partial charge is 0.296 e. The maximum Gasteiger partial charge on any atom is 0.296 e. The lowest BCUT2D eigenvalue weighted by atomic mass is 10.1. The van der Waals surface area contributed by atoms with Crippen molar-refractivity contribution in [1.29, 1.82) is 0 Å². The van der Waals surface area contributed by atoms with Crippen molar-refractivity contribution in [3.63, 3.8) is 0 Å². The van der Waals surface area contributed by atoms with Crippen molar-refractivity contribution in [2.45, 2.75) is 6.92 Å². The predicted molar refractivity (Wildman–Crippen MR) is 87.0 cm³/mol. The van der Waals surface area contributed by atoms with Crippen LogP contribution in [0, 0.1) is 12.7 Å². The Hall–Kier alpha value is -2.95. The van der Waals surface area contributed by atoms with Crippen LogP contribution in [-0.2, 0) is 11.8 Å². The molecule has 0 saturated carbocycles. The molecular weight excluding hydrogens is 295 g/mol. The molecule has 0 aliphatic carbocycles. The van der Waals surface area contributed by atoms with E-state index in [4.69, 9.17) is 0 Å². The summed E-state index contributed by atoms with van der Waals surface area (Å²) in [5.74, 6) is -2.11. The van der Waals surface area contributed by atoms with Crippen LogP contribution in [0.5, 0.6) is 0 Å². The van der Waals surface area contributed by atoms with Gasteiger partial charge in [0.05, 0.1) is 11.3 Å². The molecule has 1 N–H and O–H groups in total. The first kappa shape index (κ1) is 15.0. The van der Waals surface area contributed by atoms with E-state index < -0.39 is 17.5 Å². The van der Waals surface area contributed by atoms with Crippen LogP contribution in [0.25, 0.3) is 10.9 Å². The zero-order chi connectivity index (χ0) is 16.6. The fourth-order valence-corrected chi connectivity index (χ4v) is 2.66. The first-order valence-electron chi connectivity index (χ1n) is 7.15. The monoisotopic (exact) mass is 310 g/mol. The summed E-state index contributed by atoms with van der Waals surface area (Å²) < 4.78 is 15.5. The topological polar surface area (TPSA) is 51.1 Å². The number of nitrogens with one attached hydrogen (secondary N) is 1. The number of Topliss-reactive ketones (excluding diaryl/α,β-unsaturated/α-hetero) is 1. The fourth-order valence-electron chi connectivity index (χ4n) is 2.66. The minimum Gasteiger partial charge on any atom is -0.347 e. The Morgan fingerprint density at radius 2 is 1.70 bits per heavy atom. The number of amides is 1. The van der Waals surface area contributed by atoms with Crippen molar-refractivity contribution >= 4 is 28.3 Å². The summed E-state index contributed by atoms with van der Waals surface area (Å²) in [4.78, 5) is 24.8. The van der Waals surface area contributed by atoms with Gasteiger partial charge in [-0.15, -0.1) is 0 Å². The van der Waals surface area contributed by atoms with Crippen LogP contribution in [0.2, 0.25) is 0 Å². The van der Waals surface area contributed by atoms with E-state index in [0.717, 1.165) is 5.52 Å². The molecule has 0 fully saturated rings. The van der Waals surface area contributed by atoms with E-state index in [9.17, 15) is 14.0 Å². The highest BCUT2D eigenvalue weighted by Gasteiger charge is 2.24. The quantitative estimate of drug-likeness (QED) is 0.595. The first-order chi connectivity index (χ1) is 11.0. The molecule has 0 aliphatic rings. The maximum absolute atomic E-state index is 13.6. The zero-order valence-corrected chi connectivity index (χ0v) is 12.8. The standard InChI is InChI=1S/C18H15FN2O2/c1-11-16(12-7-3-6-10-15(12)21(11)2)17(22)18(23)20-14-9-5-4-8-13(14)19/h3-10H,1-2H3,(H,20,23). The van der Waals surface area contributed by atoms with Crippen molar-refractivity contribution in [3.8, 4) is 0 Å². The van der Waals surface area contributed by atoms with Gasteiger partial charge in [-0.2, -0.15) is 0 Å². The number of halogens is 1. The van der Waals surface area contributed by atoms with E-state index >= 15 is 0 Å². The van der Waals surface area contributed by atoms with Crippen LogP contribution < -0.4 is 5.32 Å². The highest BCUT2D eigenvalue weighted by molar-refractivity contribution is 6.48. The average molecular weight is 310 g/mol. The van der Waals surface area contributed by atoms with Gasteiger partial charge in [-0.3, -0.25) is 9.59 Å². The lowest BCUT2D eigenvalue weighted by Crippen LogP contribution is -2.24. The molecule has 4 nitrogen and oxygen atoms in total. The molecule has 3 rings (SSSR count). The summed E-state index contributed by atoms with van der Waals surface area (Å²) in [6.07, 6.45) is 0. The van der Waals surface area contributed by atoms with E-state index in [0.29, 0.717) is 16.6 Å². The lowest BCUT2D eigenvalue weighted by Gasteiger charge is -2.06. The van der Waals surface area contributed by atoms with Crippen LogP contribution in [0.15, 0.2) is 48.5 Å². The first-order valence-corrected chi connectivity index (χ1v) is 7.15. The highest BCUT2D eigenvalue weighted by atomic mass is 19.1. The molecule has 0 aliphatic heterocycles. The number of hydrogen-bond acceptors (Lipinski definition) is 2. The number of para-hydroxylation sites is 2. The summed E-state index contributed by atoms with van der Waals surface area (Å²) in [6, 6.07) is 13.1. The second-order valence-electron chi connectivity index (χ2n) is 5.30. The number of carbonyl (C=O) groups is 2. The number of ketones is 1. The molecular formula is C18H15FN2O2. The molecule has 0 atom stereocenters. The number of anilines is 1. The van der Waals surface area contributed by atoms with E-state index in [1.54, 1.807) is 19.1 Å². The summed E-state index contributed by atoms with van der Waals surface area (Å²) in [6.45, 7) is 1.78. The SMILES string of the molecule is Cc1c(C(=O)C(=O)Nc2ccccc2F)c2ccccc2n1C. The summed E-state index contributed by atoms with van der Waals surface area (Å²) in [5, 5.41) is 3.05. The Morgan fingerprint density at radius 3 is 2.43 bits per heavy atom. The highest BCUT2D eigenvalue weighted by Crippen LogP contribution is 2.25. The molecule has 0 unspecified atom stereocenters. The number of hydrogen-bond donors (Lipinski definition) is 1. The van der Waals surface area contributed by atoms with Crippen molar-refractivity contribution in [1.82, 2.24) is 4.57 Å². The largest absolute Gasteiger partial charge is 0.347 e. The Balaban J connectivity index is 1.99. The number of rotatable bonds is 3. The van der Waals surface area contributed by atoms with Gasteiger partial charge in [0.2, 0.25) is 0 Å². The van der Waals surface area contributed by atoms with E-state index in [-0.39, 0.29) is 5.69 Å². The molecule has 116 valence electrons. The van der Waals surface area contributed by atoms with E-state index in [2.05, 4.69) is 5.32 Å². The van der Waals surface area contributed by atoms with Crippen LogP contribution >= 0.6 is 0 Å². The minimum atomic E-state index is -0.852. The van der Waals surface area contributed by atoms with Gasteiger partial charge in [-0.25, -0.2) is 4.39 Å². The van der Waals surface area contributed by atoms with Crippen LogP contribution in [0.4, 0.5) is 10.1 Å². The van der Waals surface area contributed by atoms with Gasteiger partial charge in [-0.1, -0.05) is 30.3 Å². The molecule has 1 amide bonds. The van der Waals surface area contributed by atoms with Gasteiger partial charge in [0.25, 0.3) is 11.7 Å². The number of aryl methyl sites for hydroxylation is 1. The Morgan fingerprint density at radius 1 is 1.04 bits per heavy atom. The number of aromatic nitrogens is 1. The predicted octanol–water partition coefficient (Wildman–Crippen LogP) is 3.45. The fraction of sp³-hybridized carbons (Fsp3) is 0.111. The molecule has 0 bridgehead atoms. The second-order valence-corrected chi connectivity index (χ2v) is 5.30. The second kappa shape index (κ2) is 5.68. The molecule has 2 aromatic carbocycles. The van der Waals surface area contributed by atoms with Crippen molar-refractivity contribution in [2.75, 3.05) is 5.32 Å². The third-order valence-corrected chi connectivity index (χ3v) is 3.96. The normalized spacial score (nSPS) is 10.7. The van der Waals surface area contributed by atoms with E-state index in [1.165, 1.54) is 18.2 Å². The van der Waals surface area contributed by atoms with Gasteiger partial charge < -0.3 is 9.88 Å². The summed E-state index contributed by atoms with van der Waals surface area (Å²) in [5.41, 5.74) is 1.90. The zero-order valence-electron chi connectivity index (χ0n) is 12.8. The number of carbonyl (C=O) groups excluding carboxylic acids is 2. The summed E-state index contributed by atoms with van der Waals surface area (Å²) in [7, 11) is 1.84. The molecule has 0 saturated heterocycles. The molecule has 23 heavy (non-hydrogen) atoms. The van der Waals surface area contributed by atoms with Crippen molar-refractivity contribution in [3.05, 3.63) is 65.6 Å². The van der Waals surface area contributed by atoms with Crippen LogP contribution in [-0.4, -0.2) is 16.3 Å². The number of nitrogens with zero attached hydrogens (tertiary/aromatic N) is 1. The molecule has 1 heterocycles. The molecule has 1 aromatic heterocycles. The van der Waals surface area contributed by atoms with Gasteiger partial charge in [0.1, 0.15) is 5.82 Å². The Labute approximate surface area is 132 Å². The third kappa shape index (κ3) is 2.50.